The molecule has 1 saturated carbocycles. The minimum atomic E-state index is -0.834. The van der Waals surface area contributed by atoms with Gasteiger partial charge in [0.05, 0.1) is 35.3 Å². The van der Waals surface area contributed by atoms with E-state index in [0.29, 0.717) is 91.9 Å². The Morgan fingerprint density at radius 2 is 1.86 bits per heavy atom. The Bertz CT molecular complexity index is 2270. The molecule has 14 heteroatoms. The number of fused-ring (bicyclic) bond motifs is 3. The number of nitrogens with zero attached hydrogens (tertiary/aromatic N) is 6. The van der Waals surface area contributed by atoms with Gasteiger partial charge in [-0.15, -0.1) is 6.42 Å². The van der Waals surface area contributed by atoms with E-state index >= 15 is 8.78 Å². The number of pyridine rings is 1. The van der Waals surface area contributed by atoms with E-state index in [-0.39, 0.29) is 58.7 Å². The largest absolute Gasteiger partial charge is 0.468 e. The number of amides is 1. The summed E-state index contributed by atoms with van der Waals surface area (Å²) in [5.41, 5.74) is -0.141. The fourth-order valence-corrected chi connectivity index (χ4v) is 9.05. The molecule has 1 aliphatic carbocycles. The molecule has 3 fully saturated rings. The van der Waals surface area contributed by atoms with Gasteiger partial charge in [-0.1, -0.05) is 18.9 Å². The smallest absolute Gasteiger partial charge is 0.410 e. The number of halogens is 3. The lowest BCUT2D eigenvalue weighted by Crippen LogP contribution is -2.61. The number of aryl methyl sites for hydroxylation is 1. The summed E-state index contributed by atoms with van der Waals surface area (Å²) < 4.78 is 70.5. The Hall–Kier alpha value is -4.87. The molecule has 8 rings (SSSR count). The number of likely N-dealkylation sites (tertiary alicyclic amines) is 1. The molecule has 0 unspecified atom stereocenters. The Labute approximate surface area is 337 Å². The van der Waals surface area contributed by atoms with Crippen molar-refractivity contribution in [3.05, 3.63) is 47.2 Å². The topological polar surface area (TPSA) is 102 Å². The van der Waals surface area contributed by atoms with Crippen molar-refractivity contribution in [2.24, 2.45) is 5.41 Å². The number of carbonyl (C=O) groups is 1. The van der Waals surface area contributed by atoms with Crippen molar-refractivity contribution in [3.8, 4) is 35.4 Å². The average molecular weight is 801 g/mol. The van der Waals surface area contributed by atoms with Gasteiger partial charge in [-0.05, 0) is 95.8 Å². The number of aromatic nitrogens is 3. The van der Waals surface area contributed by atoms with Crippen LogP contribution in [0, 0.1) is 29.4 Å². The molecule has 0 radical (unpaired) electrons. The molecule has 2 aromatic carbocycles. The Kier molecular flexibility index (Phi) is 10.8. The molecule has 2 saturated heterocycles. The predicted octanol–water partition coefficient (Wildman–Crippen LogP) is 7.83. The molecule has 308 valence electrons. The summed E-state index contributed by atoms with van der Waals surface area (Å²) in [5, 5.41) is 1.30. The standard InChI is InChI=1S/C44H51F3N6O5/c1-7-29-31(46)12-11-26-20-28(57-25-55-6)21-30(35(26)29)38-37(47)39-36-32(48-38)13-14-34-33(8-2)53(42(54)58-43(3,4)5)19-18-52(34)40(36)50-41(49-39)56-24-44(15-16-44)23-51-17-9-10-27(45)22-51/h1,11-12,20-21,27,33-34H,8-10,13-19,22-25H2,2-6H3/t27-,33+,34-/m1/s1. The predicted molar refractivity (Wildman–Crippen MR) is 215 cm³/mol. The number of rotatable bonds is 10. The zero-order chi connectivity index (χ0) is 40.9. The first-order valence-electron chi connectivity index (χ1n) is 20.3. The average Bonchev–Trinajstić information content (AvgIpc) is 3.98. The number of ether oxygens (including phenoxy) is 4. The van der Waals surface area contributed by atoms with Gasteiger partial charge in [0.2, 0.25) is 0 Å². The number of methoxy groups -OCH3 is 1. The molecule has 11 nitrogen and oxygen atoms in total. The highest BCUT2D eigenvalue weighted by atomic mass is 19.1. The van der Waals surface area contributed by atoms with Crippen molar-refractivity contribution in [2.75, 3.05) is 58.1 Å². The number of alkyl halides is 1. The van der Waals surface area contributed by atoms with Crippen LogP contribution in [0.25, 0.3) is 32.9 Å². The monoisotopic (exact) mass is 800 g/mol. The van der Waals surface area contributed by atoms with Crippen LogP contribution in [0.1, 0.15) is 77.5 Å². The molecule has 4 aliphatic rings. The summed E-state index contributed by atoms with van der Waals surface area (Å²) in [6.45, 7) is 10.5. The molecule has 2 aromatic heterocycles. The van der Waals surface area contributed by atoms with Gasteiger partial charge in [0, 0.05) is 49.7 Å². The second kappa shape index (κ2) is 15.7. The Balaban J connectivity index is 1.26. The highest BCUT2D eigenvalue weighted by Crippen LogP contribution is 2.48. The zero-order valence-corrected chi connectivity index (χ0v) is 33.9. The summed E-state index contributed by atoms with van der Waals surface area (Å²) in [7, 11) is 1.49. The first kappa shape index (κ1) is 39.9. The van der Waals surface area contributed by atoms with Gasteiger partial charge >= 0.3 is 12.1 Å². The van der Waals surface area contributed by atoms with Crippen LogP contribution < -0.4 is 14.4 Å². The maximum atomic E-state index is 17.6. The fraction of sp³-hybridized carbons (Fsp3) is 0.545. The maximum absolute atomic E-state index is 17.6. The Morgan fingerprint density at radius 1 is 1.05 bits per heavy atom. The van der Waals surface area contributed by atoms with Crippen LogP contribution in [0.15, 0.2) is 24.3 Å². The highest BCUT2D eigenvalue weighted by molar-refractivity contribution is 6.03. The van der Waals surface area contributed by atoms with E-state index in [4.69, 9.17) is 40.3 Å². The van der Waals surface area contributed by atoms with Crippen LogP contribution in [-0.4, -0.2) is 108 Å². The number of hydrogen-bond acceptors (Lipinski definition) is 10. The third kappa shape index (κ3) is 7.71. The van der Waals surface area contributed by atoms with Gasteiger partial charge < -0.3 is 28.7 Å². The number of piperidine rings is 1. The number of carbonyl (C=O) groups excluding carboxylic acids is 1. The van der Waals surface area contributed by atoms with E-state index in [2.05, 4.69) is 15.7 Å². The third-order valence-electron chi connectivity index (χ3n) is 11.9. The highest BCUT2D eigenvalue weighted by Gasteiger charge is 2.46. The molecule has 3 atom stereocenters. The van der Waals surface area contributed by atoms with E-state index in [0.717, 1.165) is 25.8 Å². The molecule has 0 spiro atoms. The van der Waals surface area contributed by atoms with E-state index in [1.165, 1.54) is 13.2 Å². The van der Waals surface area contributed by atoms with E-state index in [1.807, 2.05) is 27.7 Å². The fourth-order valence-electron chi connectivity index (χ4n) is 9.05. The maximum Gasteiger partial charge on any atom is 0.410 e. The molecule has 58 heavy (non-hydrogen) atoms. The normalized spacial score (nSPS) is 21.7. The second-order valence-corrected chi connectivity index (χ2v) is 17.2. The molecular weight excluding hydrogens is 750 g/mol. The number of piperazine rings is 1. The summed E-state index contributed by atoms with van der Waals surface area (Å²) in [6, 6.07) is 5.69. The first-order valence-corrected chi connectivity index (χ1v) is 20.3. The van der Waals surface area contributed by atoms with Crippen LogP contribution in [0.5, 0.6) is 11.8 Å². The summed E-state index contributed by atoms with van der Waals surface area (Å²) >= 11 is 0. The lowest BCUT2D eigenvalue weighted by Gasteiger charge is -2.47. The second-order valence-electron chi connectivity index (χ2n) is 17.2. The summed E-state index contributed by atoms with van der Waals surface area (Å²) in [4.78, 5) is 34.5. The van der Waals surface area contributed by atoms with Gasteiger partial charge in [0.15, 0.2) is 12.6 Å². The van der Waals surface area contributed by atoms with Crippen LogP contribution in [0.2, 0.25) is 0 Å². The minimum Gasteiger partial charge on any atom is -0.468 e. The van der Waals surface area contributed by atoms with Crippen LogP contribution in [0.3, 0.4) is 0 Å². The third-order valence-corrected chi connectivity index (χ3v) is 11.9. The van der Waals surface area contributed by atoms with Crippen molar-refractivity contribution in [1.29, 1.82) is 0 Å². The molecule has 0 bridgehead atoms. The van der Waals surface area contributed by atoms with Gasteiger partial charge in [-0.2, -0.15) is 9.97 Å². The molecule has 5 heterocycles. The van der Waals surface area contributed by atoms with Crippen molar-refractivity contribution in [1.82, 2.24) is 24.8 Å². The lowest BCUT2D eigenvalue weighted by atomic mass is 9.94. The molecule has 1 amide bonds. The van der Waals surface area contributed by atoms with Gasteiger partial charge in [0.1, 0.15) is 40.4 Å². The van der Waals surface area contributed by atoms with Gasteiger partial charge in [0.25, 0.3) is 0 Å². The number of anilines is 1. The summed E-state index contributed by atoms with van der Waals surface area (Å²) in [5.74, 6) is 1.93. The zero-order valence-electron chi connectivity index (χ0n) is 33.9. The number of hydrogen-bond donors (Lipinski definition) is 0. The first-order chi connectivity index (χ1) is 27.8. The van der Waals surface area contributed by atoms with Crippen LogP contribution >= 0.6 is 0 Å². The van der Waals surface area contributed by atoms with Crippen molar-refractivity contribution in [3.63, 3.8) is 0 Å². The van der Waals surface area contributed by atoms with E-state index in [1.54, 1.807) is 23.1 Å². The number of benzene rings is 2. The van der Waals surface area contributed by atoms with Crippen molar-refractivity contribution >= 4 is 33.6 Å². The summed E-state index contributed by atoms with van der Waals surface area (Å²) in [6.07, 6.45) is 9.52. The number of terminal acetylenes is 1. The van der Waals surface area contributed by atoms with E-state index < -0.39 is 23.4 Å². The SMILES string of the molecule is C#Cc1c(F)ccc2cc(OCOC)cc(-c3nc4c5c(nc(OCC6(CN7CCC[C@@H](F)C7)CC6)nc5c3F)N3CCN(C(=O)OC(C)(C)C)[C@@H](CC)[C@H]3CC4)c12. The van der Waals surface area contributed by atoms with Crippen molar-refractivity contribution in [2.45, 2.75) is 96.5 Å². The van der Waals surface area contributed by atoms with E-state index in [9.17, 15) is 9.18 Å². The lowest BCUT2D eigenvalue weighted by molar-refractivity contribution is 0.00800. The molecule has 0 N–H and O–H groups in total. The van der Waals surface area contributed by atoms with Gasteiger partial charge in [-0.25, -0.2) is 22.9 Å². The Morgan fingerprint density at radius 3 is 2.57 bits per heavy atom. The minimum absolute atomic E-state index is 0.0125. The van der Waals surface area contributed by atoms with Crippen molar-refractivity contribution < 1.29 is 36.9 Å². The quantitative estimate of drug-likeness (QED) is 0.117. The molecule has 4 aromatic rings. The molecular formula is C44H51F3N6O5. The van der Waals surface area contributed by atoms with Crippen LogP contribution in [0.4, 0.5) is 23.8 Å². The van der Waals surface area contributed by atoms with Crippen LogP contribution in [-0.2, 0) is 15.9 Å². The van der Waals surface area contributed by atoms with Gasteiger partial charge in [-0.3, -0.25) is 4.90 Å². The molecule has 3 aliphatic heterocycles.